The number of carbonyl (C=O) groups is 1. The zero-order valence-corrected chi connectivity index (χ0v) is 18.7. The van der Waals surface area contributed by atoms with Gasteiger partial charge in [-0.05, 0) is 66.1 Å². The first-order chi connectivity index (χ1) is 14.9. The molecule has 0 radical (unpaired) electrons. The highest BCUT2D eigenvalue weighted by molar-refractivity contribution is 6.33. The lowest BCUT2D eigenvalue weighted by molar-refractivity contribution is 0.0697. The Morgan fingerprint density at radius 1 is 1.03 bits per heavy atom. The number of ether oxygens (including phenoxy) is 2. The van der Waals surface area contributed by atoms with Gasteiger partial charge < -0.3 is 19.9 Å². The Bertz CT molecular complexity index is 1070. The minimum Gasteiger partial charge on any atom is -0.497 e. The van der Waals surface area contributed by atoms with Crippen molar-refractivity contribution in [2.75, 3.05) is 20.3 Å². The molecule has 0 saturated carbocycles. The molecule has 162 valence electrons. The summed E-state index contributed by atoms with van der Waals surface area (Å²) in [6.45, 7) is 3.15. The van der Waals surface area contributed by atoms with Gasteiger partial charge >= 0.3 is 5.97 Å². The van der Waals surface area contributed by atoms with E-state index in [0.717, 1.165) is 16.9 Å². The Kier molecular flexibility index (Phi) is 7.80. The van der Waals surface area contributed by atoms with Crippen molar-refractivity contribution in [3.05, 3.63) is 81.8 Å². The van der Waals surface area contributed by atoms with E-state index in [1.54, 1.807) is 31.4 Å². The number of aromatic carboxylic acids is 1. The van der Waals surface area contributed by atoms with Crippen molar-refractivity contribution in [2.24, 2.45) is 0 Å². The second kappa shape index (κ2) is 10.5. The monoisotopic (exact) mass is 459 g/mol. The van der Waals surface area contributed by atoms with Crippen molar-refractivity contribution in [1.29, 1.82) is 0 Å². The first-order valence-corrected chi connectivity index (χ1v) is 10.5. The Morgan fingerprint density at radius 3 is 2.58 bits per heavy atom. The molecule has 0 fully saturated rings. The molecule has 31 heavy (non-hydrogen) atoms. The minimum atomic E-state index is -1.08. The fourth-order valence-electron chi connectivity index (χ4n) is 3.15. The van der Waals surface area contributed by atoms with Crippen molar-refractivity contribution in [3.8, 4) is 22.6 Å². The SMILES string of the molecule is COc1cccc(C(C)NCCOc2cc(Cl)cc(-c3ccc(Cl)c(C(=O)O)c3)c2)c1. The molecule has 3 aromatic rings. The summed E-state index contributed by atoms with van der Waals surface area (Å²) in [5.41, 5.74) is 2.61. The fourth-order valence-corrected chi connectivity index (χ4v) is 3.58. The van der Waals surface area contributed by atoms with E-state index in [2.05, 4.69) is 12.2 Å². The van der Waals surface area contributed by atoms with Crippen LogP contribution in [0.2, 0.25) is 10.0 Å². The van der Waals surface area contributed by atoms with Crippen LogP contribution in [0.5, 0.6) is 11.5 Å². The average Bonchev–Trinajstić information content (AvgIpc) is 2.76. The standard InChI is InChI=1S/C24H23Cl2NO4/c1-15(16-4-3-5-20(11-16)30-2)27-8-9-31-21-12-18(10-19(25)14-21)17-6-7-23(26)22(13-17)24(28)29/h3-7,10-15,27H,8-9H2,1-2H3,(H,28,29). The number of carboxylic acid groups (broad SMARTS) is 1. The van der Waals surface area contributed by atoms with Crippen LogP contribution in [0.4, 0.5) is 0 Å². The van der Waals surface area contributed by atoms with Crippen LogP contribution in [0.1, 0.15) is 28.9 Å². The van der Waals surface area contributed by atoms with E-state index in [1.807, 2.05) is 30.3 Å². The summed E-state index contributed by atoms with van der Waals surface area (Å²) in [5, 5.41) is 13.4. The number of hydrogen-bond donors (Lipinski definition) is 2. The van der Waals surface area contributed by atoms with Crippen molar-refractivity contribution in [3.63, 3.8) is 0 Å². The third-order valence-electron chi connectivity index (χ3n) is 4.82. The van der Waals surface area contributed by atoms with Gasteiger partial charge in [0.2, 0.25) is 0 Å². The van der Waals surface area contributed by atoms with Crippen LogP contribution in [0.25, 0.3) is 11.1 Å². The number of hydrogen-bond acceptors (Lipinski definition) is 4. The van der Waals surface area contributed by atoms with Gasteiger partial charge in [0.25, 0.3) is 0 Å². The van der Waals surface area contributed by atoms with Crippen LogP contribution in [0, 0.1) is 0 Å². The summed E-state index contributed by atoms with van der Waals surface area (Å²) in [6, 6.07) is 18.2. The minimum absolute atomic E-state index is 0.0392. The van der Waals surface area contributed by atoms with Gasteiger partial charge in [-0.3, -0.25) is 0 Å². The quantitative estimate of drug-likeness (QED) is 0.378. The van der Waals surface area contributed by atoms with Crippen LogP contribution in [0.15, 0.2) is 60.7 Å². The molecule has 3 aromatic carbocycles. The summed E-state index contributed by atoms with van der Waals surface area (Å²) >= 11 is 12.2. The van der Waals surface area contributed by atoms with E-state index < -0.39 is 5.97 Å². The largest absolute Gasteiger partial charge is 0.497 e. The van der Waals surface area contributed by atoms with Crippen molar-refractivity contribution >= 4 is 29.2 Å². The predicted molar refractivity (Wildman–Crippen MR) is 124 cm³/mol. The molecular weight excluding hydrogens is 437 g/mol. The van der Waals surface area contributed by atoms with Gasteiger partial charge in [0, 0.05) is 17.6 Å². The Labute approximate surface area is 191 Å². The van der Waals surface area contributed by atoms with Crippen LogP contribution in [-0.2, 0) is 0 Å². The highest BCUT2D eigenvalue weighted by Crippen LogP contribution is 2.31. The molecule has 1 atom stereocenters. The second-order valence-corrected chi connectivity index (χ2v) is 7.82. The second-order valence-electron chi connectivity index (χ2n) is 6.98. The summed E-state index contributed by atoms with van der Waals surface area (Å²) in [7, 11) is 1.65. The van der Waals surface area contributed by atoms with Gasteiger partial charge in [-0.15, -0.1) is 0 Å². The molecular formula is C24H23Cl2NO4. The van der Waals surface area contributed by atoms with Gasteiger partial charge in [0.05, 0.1) is 17.7 Å². The molecule has 0 spiro atoms. The van der Waals surface area contributed by atoms with E-state index in [9.17, 15) is 9.90 Å². The number of benzene rings is 3. The number of methoxy groups -OCH3 is 1. The van der Waals surface area contributed by atoms with Gasteiger partial charge in [-0.25, -0.2) is 4.79 Å². The molecule has 7 heteroatoms. The Balaban J connectivity index is 1.63. The maximum Gasteiger partial charge on any atom is 0.337 e. The molecule has 3 rings (SSSR count). The molecule has 0 aliphatic heterocycles. The summed E-state index contributed by atoms with van der Waals surface area (Å²) < 4.78 is 11.1. The number of carboxylic acids is 1. The molecule has 0 heterocycles. The number of rotatable bonds is 9. The molecule has 1 unspecified atom stereocenters. The number of halogens is 2. The van der Waals surface area contributed by atoms with Crippen LogP contribution < -0.4 is 14.8 Å². The smallest absolute Gasteiger partial charge is 0.337 e. The van der Waals surface area contributed by atoms with E-state index in [-0.39, 0.29) is 16.6 Å². The molecule has 0 aliphatic rings. The third-order valence-corrected chi connectivity index (χ3v) is 5.36. The molecule has 0 aromatic heterocycles. The predicted octanol–water partition coefficient (Wildman–Crippen LogP) is 6.10. The molecule has 2 N–H and O–H groups in total. The van der Waals surface area contributed by atoms with Crippen LogP contribution >= 0.6 is 23.2 Å². The van der Waals surface area contributed by atoms with Crippen molar-refractivity contribution in [2.45, 2.75) is 13.0 Å². The Morgan fingerprint density at radius 2 is 1.84 bits per heavy atom. The fraction of sp³-hybridized carbons (Fsp3) is 0.208. The zero-order valence-electron chi connectivity index (χ0n) is 17.2. The first kappa shape index (κ1) is 22.9. The van der Waals surface area contributed by atoms with Gasteiger partial charge in [-0.1, -0.05) is 41.4 Å². The molecule has 0 aliphatic carbocycles. The Hall–Kier alpha value is -2.73. The highest BCUT2D eigenvalue weighted by Gasteiger charge is 2.12. The van der Waals surface area contributed by atoms with Crippen molar-refractivity contribution in [1.82, 2.24) is 5.32 Å². The maximum absolute atomic E-state index is 11.4. The lowest BCUT2D eigenvalue weighted by Gasteiger charge is -2.16. The molecule has 5 nitrogen and oxygen atoms in total. The van der Waals surface area contributed by atoms with Crippen LogP contribution in [0.3, 0.4) is 0 Å². The average molecular weight is 460 g/mol. The maximum atomic E-state index is 11.4. The lowest BCUT2D eigenvalue weighted by Crippen LogP contribution is -2.24. The molecule has 0 saturated heterocycles. The summed E-state index contributed by atoms with van der Waals surface area (Å²) in [4.78, 5) is 11.4. The summed E-state index contributed by atoms with van der Waals surface area (Å²) in [5.74, 6) is 0.342. The van der Waals surface area contributed by atoms with Gasteiger partial charge in [0.15, 0.2) is 0 Å². The van der Waals surface area contributed by atoms with Crippen molar-refractivity contribution < 1.29 is 19.4 Å². The zero-order chi connectivity index (χ0) is 22.4. The van der Waals surface area contributed by atoms with Gasteiger partial charge in [-0.2, -0.15) is 0 Å². The normalized spacial score (nSPS) is 11.7. The van der Waals surface area contributed by atoms with E-state index in [1.165, 1.54) is 6.07 Å². The molecule has 0 bridgehead atoms. The van der Waals surface area contributed by atoms with Crippen LogP contribution in [-0.4, -0.2) is 31.3 Å². The summed E-state index contributed by atoms with van der Waals surface area (Å²) in [6.07, 6.45) is 0. The lowest BCUT2D eigenvalue weighted by atomic mass is 10.0. The van der Waals surface area contributed by atoms with Gasteiger partial charge in [0.1, 0.15) is 18.1 Å². The van der Waals surface area contributed by atoms with E-state index in [4.69, 9.17) is 32.7 Å². The van der Waals surface area contributed by atoms with E-state index in [0.29, 0.717) is 29.5 Å². The molecule has 0 amide bonds. The number of nitrogens with one attached hydrogen (secondary N) is 1. The topological polar surface area (TPSA) is 67.8 Å². The highest BCUT2D eigenvalue weighted by atomic mass is 35.5. The third kappa shape index (κ3) is 6.14. The van der Waals surface area contributed by atoms with E-state index >= 15 is 0 Å². The first-order valence-electron chi connectivity index (χ1n) is 9.71.